The van der Waals surface area contributed by atoms with E-state index in [9.17, 15) is 4.79 Å². The molecule has 1 heterocycles. The van der Waals surface area contributed by atoms with Crippen LogP contribution in [0.3, 0.4) is 0 Å². The normalized spacial score (nSPS) is 16.3. The Morgan fingerprint density at radius 2 is 1.70 bits per heavy atom. The summed E-state index contributed by atoms with van der Waals surface area (Å²) in [5.74, 6) is -0.330. The largest absolute Gasteiger partial charge is 0.463 e. The molecular formula is C24H29N3O2S. The fourth-order valence-corrected chi connectivity index (χ4v) is 4.18. The van der Waals surface area contributed by atoms with Crippen molar-refractivity contribution in [2.24, 2.45) is 0 Å². The molecule has 30 heavy (non-hydrogen) atoms. The first-order chi connectivity index (χ1) is 14.5. The lowest BCUT2D eigenvalue weighted by atomic mass is 9.94. The quantitative estimate of drug-likeness (QED) is 0.510. The van der Waals surface area contributed by atoms with E-state index in [0.717, 1.165) is 35.7 Å². The summed E-state index contributed by atoms with van der Waals surface area (Å²) >= 11 is 5.69. The lowest BCUT2D eigenvalue weighted by Gasteiger charge is -2.37. The van der Waals surface area contributed by atoms with Crippen molar-refractivity contribution in [3.8, 4) is 0 Å². The van der Waals surface area contributed by atoms with Crippen LogP contribution in [-0.2, 0) is 9.53 Å². The highest BCUT2D eigenvalue weighted by Gasteiger charge is 2.35. The van der Waals surface area contributed by atoms with Gasteiger partial charge in [0.2, 0.25) is 0 Å². The summed E-state index contributed by atoms with van der Waals surface area (Å²) in [4.78, 5) is 17.1. The molecular weight excluding hydrogens is 394 g/mol. The van der Waals surface area contributed by atoms with Crippen LogP contribution >= 0.6 is 12.2 Å². The lowest BCUT2D eigenvalue weighted by molar-refractivity contribution is -0.139. The Morgan fingerprint density at radius 1 is 1.07 bits per heavy atom. The van der Waals surface area contributed by atoms with Crippen LogP contribution in [0.2, 0.25) is 0 Å². The second-order valence-corrected chi connectivity index (χ2v) is 7.42. The predicted molar refractivity (Wildman–Crippen MR) is 127 cm³/mol. The molecule has 0 aromatic heterocycles. The maximum absolute atomic E-state index is 12.9. The Morgan fingerprint density at radius 3 is 2.27 bits per heavy atom. The third-order valence-corrected chi connectivity index (χ3v) is 5.65. The molecule has 3 rings (SSSR count). The molecule has 1 aliphatic rings. The van der Waals surface area contributed by atoms with Gasteiger partial charge in [0.15, 0.2) is 5.11 Å². The molecule has 0 aliphatic carbocycles. The number of carbonyl (C=O) groups excluding carboxylic acids is 1. The van der Waals surface area contributed by atoms with Gasteiger partial charge in [-0.05, 0) is 69.7 Å². The second kappa shape index (κ2) is 9.76. The summed E-state index contributed by atoms with van der Waals surface area (Å²) in [5.41, 5.74) is 4.39. The number of hydrogen-bond donors (Lipinski definition) is 1. The van der Waals surface area contributed by atoms with Crippen molar-refractivity contribution < 1.29 is 9.53 Å². The SMILES string of the molecule is CCOC(=O)C1=C(C)N(c2ccccc2)C(=S)NC1c1ccc(N(CC)CC)cc1. The number of ether oxygens (including phenoxy) is 1. The number of rotatable bonds is 7. The first kappa shape index (κ1) is 21.8. The van der Waals surface area contributed by atoms with E-state index in [1.54, 1.807) is 0 Å². The molecule has 0 amide bonds. The molecule has 0 fully saturated rings. The predicted octanol–water partition coefficient (Wildman–Crippen LogP) is 4.81. The number of thiocarbonyl (C=S) groups is 1. The highest BCUT2D eigenvalue weighted by molar-refractivity contribution is 7.80. The number of para-hydroxylation sites is 1. The molecule has 1 unspecified atom stereocenters. The van der Waals surface area contributed by atoms with Crippen LogP contribution in [0.1, 0.15) is 39.3 Å². The fourth-order valence-electron chi connectivity index (χ4n) is 3.82. The molecule has 0 spiro atoms. The van der Waals surface area contributed by atoms with Gasteiger partial charge in [0, 0.05) is 30.2 Å². The number of anilines is 2. The van der Waals surface area contributed by atoms with Gasteiger partial charge < -0.3 is 15.0 Å². The zero-order valence-corrected chi connectivity index (χ0v) is 18.8. The molecule has 1 atom stereocenters. The number of allylic oxidation sites excluding steroid dienone is 1. The fraction of sp³-hybridized carbons (Fsp3) is 0.333. The van der Waals surface area contributed by atoms with Crippen molar-refractivity contribution >= 4 is 34.7 Å². The molecule has 6 heteroatoms. The van der Waals surface area contributed by atoms with Crippen LogP contribution < -0.4 is 15.1 Å². The van der Waals surface area contributed by atoms with Gasteiger partial charge in [-0.3, -0.25) is 4.90 Å². The zero-order valence-electron chi connectivity index (χ0n) is 18.0. The number of benzene rings is 2. The summed E-state index contributed by atoms with van der Waals surface area (Å²) in [6, 6.07) is 17.7. The van der Waals surface area contributed by atoms with Gasteiger partial charge in [0.1, 0.15) is 0 Å². The highest BCUT2D eigenvalue weighted by Crippen LogP contribution is 2.34. The van der Waals surface area contributed by atoms with Gasteiger partial charge in [-0.15, -0.1) is 0 Å². The van der Waals surface area contributed by atoms with Gasteiger partial charge >= 0.3 is 5.97 Å². The standard InChI is InChI=1S/C24H29N3O2S/c1-5-26(6-2)19-15-13-18(14-16-19)22-21(23(28)29-7-3)17(4)27(24(30)25-22)20-11-9-8-10-12-20/h8-16,22H,5-7H2,1-4H3,(H,25,30). The van der Waals surface area contributed by atoms with Crippen molar-refractivity contribution in [1.82, 2.24) is 5.32 Å². The Labute approximate surface area is 184 Å². The van der Waals surface area contributed by atoms with Crippen molar-refractivity contribution in [2.45, 2.75) is 33.7 Å². The van der Waals surface area contributed by atoms with Crippen molar-refractivity contribution in [3.63, 3.8) is 0 Å². The summed E-state index contributed by atoms with van der Waals surface area (Å²) in [7, 11) is 0. The summed E-state index contributed by atoms with van der Waals surface area (Å²) in [6.45, 7) is 10.2. The smallest absolute Gasteiger partial charge is 0.338 e. The Balaban J connectivity index is 2.04. The first-order valence-corrected chi connectivity index (χ1v) is 10.8. The average molecular weight is 424 g/mol. The minimum Gasteiger partial charge on any atom is -0.463 e. The van der Waals surface area contributed by atoms with Crippen LogP contribution in [0.25, 0.3) is 0 Å². The molecule has 2 aromatic carbocycles. The molecule has 0 saturated heterocycles. The van der Waals surface area contributed by atoms with E-state index in [1.807, 2.05) is 49.1 Å². The van der Waals surface area contributed by atoms with Crippen LogP contribution in [-0.4, -0.2) is 30.8 Å². The van der Waals surface area contributed by atoms with Gasteiger partial charge in [-0.1, -0.05) is 30.3 Å². The van der Waals surface area contributed by atoms with E-state index >= 15 is 0 Å². The Bertz CT molecular complexity index is 921. The number of esters is 1. The van der Waals surface area contributed by atoms with Gasteiger partial charge in [-0.25, -0.2) is 4.79 Å². The van der Waals surface area contributed by atoms with Crippen molar-refractivity contribution in [2.75, 3.05) is 29.5 Å². The van der Waals surface area contributed by atoms with E-state index in [0.29, 0.717) is 17.3 Å². The van der Waals surface area contributed by atoms with E-state index in [-0.39, 0.29) is 12.0 Å². The maximum atomic E-state index is 12.9. The first-order valence-electron chi connectivity index (χ1n) is 10.4. The monoisotopic (exact) mass is 423 g/mol. The van der Waals surface area contributed by atoms with E-state index in [4.69, 9.17) is 17.0 Å². The summed E-state index contributed by atoms with van der Waals surface area (Å²) in [5, 5.41) is 3.92. The summed E-state index contributed by atoms with van der Waals surface area (Å²) in [6.07, 6.45) is 0. The second-order valence-electron chi connectivity index (χ2n) is 7.04. The van der Waals surface area contributed by atoms with E-state index < -0.39 is 0 Å². The maximum Gasteiger partial charge on any atom is 0.338 e. The van der Waals surface area contributed by atoms with Crippen molar-refractivity contribution in [3.05, 3.63) is 71.4 Å². The third kappa shape index (κ3) is 4.33. The molecule has 5 nitrogen and oxygen atoms in total. The Kier molecular flexibility index (Phi) is 7.11. The number of nitrogens with zero attached hydrogens (tertiary/aromatic N) is 2. The minimum absolute atomic E-state index is 0.318. The van der Waals surface area contributed by atoms with Crippen LogP contribution in [0.15, 0.2) is 65.9 Å². The van der Waals surface area contributed by atoms with Crippen LogP contribution in [0, 0.1) is 0 Å². The number of nitrogens with one attached hydrogen (secondary N) is 1. The minimum atomic E-state index is -0.359. The number of carbonyl (C=O) groups is 1. The molecule has 0 radical (unpaired) electrons. The van der Waals surface area contributed by atoms with Gasteiger partial charge in [0.25, 0.3) is 0 Å². The van der Waals surface area contributed by atoms with E-state index in [2.05, 4.69) is 48.3 Å². The molecule has 0 bridgehead atoms. The van der Waals surface area contributed by atoms with Crippen molar-refractivity contribution in [1.29, 1.82) is 0 Å². The van der Waals surface area contributed by atoms with E-state index in [1.165, 1.54) is 0 Å². The van der Waals surface area contributed by atoms with Crippen LogP contribution in [0.4, 0.5) is 11.4 Å². The zero-order chi connectivity index (χ0) is 21.7. The molecule has 158 valence electrons. The summed E-state index contributed by atoms with van der Waals surface area (Å²) < 4.78 is 5.40. The molecule has 0 saturated carbocycles. The third-order valence-electron chi connectivity index (χ3n) is 5.35. The number of hydrogen-bond acceptors (Lipinski definition) is 4. The molecule has 1 aliphatic heterocycles. The topological polar surface area (TPSA) is 44.8 Å². The lowest BCUT2D eigenvalue weighted by Crippen LogP contribution is -2.48. The average Bonchev–Trinajstić information content (AvgIpc) is 2.75. The van der Waals surface area contributed by atoms with Gasteiger partial charge in [-0.2, -0.15) is 0 Å². The highest BCUT2D eigenvalue weighted by atomic mass is 32.1. The molecule has 2 aromatic rings. The molecule has 1 N–H and O–H groups in total. The van der Waals surface area contributed by atoms with Crippen LogP contribution in [0.5, 0.6) is 0 Å². The van der Waals surface area contributed by atoms with Gasteiger partial charge in [0.05, 0.1) is 18.2 Å². The Hall–Kier alpha value is -2.86.